The highest BCUT2D eigenvalue weighted by atomic mass is 16.1. The molecule has 1 N–H and O–H groups in total. The Morgan fingerprint density at radius 1 is 1.00 bits per heavy atom. The van der Waals surface area contributed by atoms with Gasteiger partial charge in [-0.3, -0.25) is 4.79 Å². The molecule has 2 rings (SSSR count). The van der Waals surface area contributed by atoms with E-state index in [-0.39, 0.29) is 5.91 Å². The third-order valence-electron chi connectivity index (χ3n) is 4.61. The number of likely N-dealkylation sites (tertiary alicyclic amines) is 1. The summed E-state index contributed by atoms with van der Waals surface area (Å²) in [5.41, 5.74) is 0. The molecule has 2 fully saturated rings. The molecule has 0 unspecified atom stereocenters. The number of piperidine rings is 1. The molecule has 1 amide bonds. The lowest BCUT2D eigenvalue weighted by Crippen LogP contribution is -2.39. The van der Waals surface area contributed by atoms with Gasteiger partial charge in [0.05, 0.1) is 0 Å². The molecule has 1 aliphatic heterocycles. The van der Waals surface area contributed by atoms with Crippen molar-refractivity contribution < 1.29 is 4.79 Å². The summed E-state index contributed by atoms with van der Waals surface area (Å²) in [5.74, 6) is 2.01. The van der Waals surface area contributed by atoms with Gasteiger partial charge in [-0.25, -0.2) is 0 Å². The number of hydrogen-bond donors (Lipinski definition) is 1. The van der Waals surface area contributed by atoms with Crippen molar-refractivity contribution in [3.05, 3.63) is 0 Å². The van der Waals surface area contributed by atoms with Crippen LogP contribution >= 0.6 is 0 Å². The zero-order chi connectivity index (χ0) is 12.3. The van der Waals surface area contributed by atoms with Crippen molar-refractivity contribution in [1.29, 1.82) is 0 Å². The molecule has 3 heteroatoms. The molecule has 1 saturated carbocycles. The van der Waals surface area contributed by atoms with Crippen molar-refractivity contribution in [3.8, 4) is 0 Å². The van der Waals surface area contributed by atoms with Gasteiger partial charge < -0.3 is 10.2 Å². The van der Waals surface area contributed by atoms with Crippen molar-refractivity contribution in [1.82, 2.24) is 10.2 Å². The quantitative estimate of drug-likeness (QED) is 0.798. The summed E-state index contributed by atoms with van der Waals surface area (Å²) in [5, 5.41) is 3.07. The molecule has 0 aromatic carbocycles. The van der Waals surface area contributed by atoms with Crippen molar-refractivity contribution in [2.45, 2.75) is 51.5 Å². The van der Waals surface area contributed by atoms with Crippen LogP contribution < -0.4 is 5.32 Å². The molecular weight excluding hydrogens is 212 g/mol. The highest BCUT2D eigenvalue weighted by molar-refractivity contribution is 5.73. The van der Waals surface area contributed by atoms with Crippen LogP contribution in [0.3, 0.4) is 0 Å². The van der Waals surface area contributed by atoms with E-state index in [0.29, 0.717) is 6.04 Å². The zero-order valence-corrected chi connectivity index (χ0v) is 11.2. The van der Waals surface area contributed by atoms with Gasteiger partial charge in [0.25, 0.3) is 0 Å². The molecule has 0 spiro atoms. The fourth-order valence-electron chi connectivity index (χ4n) is 3.52. The molecule has 17 heavy (non-hydrogen) atoms. The van der Waals surface area contributed by atoms with Crippen molar-refractivity contribution in [3.63, 3.8) is 0 Å². The third kappa shape index (κ3) is 3.70. The molecule has 2 aliphatic rings. The average molecular weight is 238 g/mol. The van der Waals surface area contributed by atoms with E-state index < -0.39 is 0 Å². The van der Waals surface area contributed by atoms with Crippen LogP contribution in [-0.4, -0.2) is 37.0 Å². The molecule has 0 radical (unpaired) electrons. The average Bonchev–Trinajstić information content (AvgIpc) is 2.30. The number of nitrogens with zero attached hydrogens (tertiary/aromatic N) is 1. The molecule has 1 aliphatic carbocycles. The van der Waals surface area contributed by atoms with Crippen LogP contribution in [0.4, 0.5) is 0 Å². The molecule has 0 aromatic rings. The van der Waals surface area contributed by atoms with Crippen molar-refractivity contribution in [2.75, 3.05) is 20.1 Å². The standard InChI is InChI=1S/C14H26N2O/c1-11(17)15-14-5-3-12(4-6-14)13-7-9-16(2)10-8-13/h12-14H,3-10H2,1-2H3,(H,15,17). The number of carbonyl (C=O) groups excluding carboxylic acids is 1. The number of nitrogens with one attached hydrogen (secondary N) is 1. The Morgan fingerprint density at radius 3 is 2.06 bits per heavy atom. The molecule has 1 saturated heterocycles. The monoisotopic (exact) mass is 238 g/mol. The van der Waals surface area contributed by atoms with E-state index in [0.717, 1.165) is 11.8 Å². The minimum Gasteiger partial charge on any atom is -0.354 e. The summed E-state index contributed by atoms with van der Waals surface area (Å²) in [6.45, 7) is 4.18. The van der Waals surface area contributed by atoms with Crippen LogP contribution in [0.1, 0.15) is 45.4 Å². The fourth-order valence-corrected chi connectivity index (χ4v) is 3.52. The smallest absolute Gasteiger partial charge is 0.217 e. The van der Waals surface area contributed by atoms with Crippen LogP contribution in [0.5, 0.6) is 0 Å². The summed E-state index contributed by atoms with van der Waals surface area (Å²) >= 11 is 0. The molecule has 3 nitrogen and oxygen atoms in total. The van der Waals surface area contributed by atoms with E-state index in [1.54, 1.807) is 6.92 Å². The van der Waals surface area contributed by atoms with E-state index >= 15 is 0 Å². The molecule has 1 heterocycles. The van der Waals surface area contributed by atoms with Crippen molar-refractivity contribution in [2.24, 2.45) is 11.8 Å². The maximum atomic E-state index is 11.0. The first-order valence-corrected chi connectivity index (χ1v) is 7.11. The summed E-state index contributed by atoms with van der Waals surface area (Å²) < 4.78 is 0. The second kappa shape index (κ2) is 5.85. The number of carbonyl (C=O) groups is 1. The number of amides is 1. The highest BCUT2D eigenvalue weighted by Crippen LogP contribution is 2.35. The number of rotatable bonds is 2. The highest BCUT2D eigenvalue weighted by Gasteiger charge is 2.29. The molecule has 0 atom stereocenters. The predicted octanol–water partition coefficient (Wildman–Crippen LogP) is 2.02. The summed E-state index contributed by atoms with van der Waals surface area (Å²) in [6, 6.07) is 0.454. The lowest BCUT2D eigenvalue weighted by Gasteiger charge is -2.38. The van der Waals surface area contributed by atoms with Gasteiger partial charge in [-0.2, -0.15) is 0 Å². The van der Waals surface area contributed by atoms with Crippen LogP contribution in [0, 0.1) is 11.8 Å². The Morgan fingerprint density at radius 2 is 1.53 bits per heavy atom. The lowest BCUT2D eigenvalue weighted by atomic mass is 9.74. The minimum absolute atomic E-state index is 0.132. The maximum absolute atomic E-state index is 11.0. The summed E-state index contributed by atoms with van der Waals surface area (Å²) in [6.07, 6.45) is 7.78. The summed E-state index contributed by atoms with van der Waals surface area (Å²) in [4.78, 5) is 13.5. The lowest BCUT2D eigenvalue weighted by molar-refractivity contribution is -0.119. The fraction of sp³-hybridized carbons (Fsp3) is 0.929. The SMILES string of the molecule is CC(=O)NC1CCC(C2CCN(C)CC2)CC1. The van der Waals surface area contributed by atoms with Crippen LogP contribution in [0.2, 0.25) is 0 Å². The van der Waals surface area contributed by atoms with Gasteiger partial charge in [0.15, 0.2) is 0 Å². The Hall–Kier alpha value is -0.570. The van der Waals surface area contributed by atoms with E-state index in [4.69, 9.17) is 0 Å². The van der Waals surface area contributed by atoms with Gasteiger partial charge >= 0.3 is 0 Å². The maximum Gasteiger partial charge on any atom is 0.217 e. The molecule has 0 aromatic heterocycles. The first-order valence-electron chi connectivity index (χ1n) is 7.11. The van der Waals surface area contributed by atoms with Gasteiger partial charge in [-0.05, 0) is 70.5 Å². The van der Waals surface area contributed by atoms with Gasteiger partial charge in [-0.15, -0.1) is 0 Å². The van der Waals surface area contributed by atoms with Crippen LogP contribution in [0.25, 0.3) is 0 Å². The molecule has 98 valence electrons. The first kappa shape index (κ1) is 12.9. The van der Waals surface area contributed by atoms with Gasteiger partial charge in [0.1, 0.15) is 0 Å². The first-order chi connectivity index (χ1) is 8.15. The largest absolute Gasteiger partial charge is 0.354 e. The second-order valence-corrected chi connectivity index (χ2v) is 5.95. The molecular formula is C14H26N2O. The third-order valence-corrected chi connectivity index (χ3v) is 4.61. The topological polar surface area (TPSA) is 32.3 Å². The van der Waals surface area contributed by atoms with Crippen LogP contribution in [-0.2, 0) is 4.79 Å². The van der Waals surface area contributed by atoms with E-state index in [1.165, 1.54) is 51.6 Å². The Balaban J connectivity index is 1.73. The van der Waals surface area contributed by atoms with E-state index in [2.05, 4.69) is 17.3 Å². The normalized spacial score (nSPS) is 32.4. The van der Waals surface area contributed by atoms with Gasteiger partial charge in [-0.1, -0.05) is 0 Å². The van der Waals surface area contributed by atoms with E-state index in [1.807, 2.05) is 0 Å². The summed E-state index contributed by atoms with van der Waals surface area (Å²) in [7, 11) is 2.23. The van der Waals surface area contributed by atoms with Gasteiger partial charge in [0, 0.05) is 13.0 Å². The van der Waals surface area contributed by atoms with Crippen LogP contribution in [0.15, 0.2) is 0 Å². The van der Waals surface area contributed by atoms with E-state index in [9.17, 15) is 4.79 Å². The molecule has 0 bridgehead atoms. The minimum atomic E-state index is 0.132. The van der Waals surface area contributed by atoms with Gasteiger partial charge in [0.2, 0.25) is 5.91 Å². The number of hydrogen-bond acceptors (Lipinski definition) is 2. The van der Waals surface area contributed by atoms with Crippen molar-refractivity contribution >= 4 is 5.91 Å². The predicted molar refractivity (Wildman–Crippen MR) is 69.8 cm³/mol. The zero-order valence-electron chi connectivity index (χ0n) is 11.2. The Bertz CT molecular complexity index is 251. The Kier molecular flexibility index (Phi) is 4.43. The second-order valence-electron chi connectivity index (χ2n) is 5.95. The Labute approximate surface area is 105 Å².